The van der Waals surface area contributed by atoms with Crippen LogP contribution in [-0.4, -0.2) is 0 Å². The van der Waals surface area contributed by atoms with E-state index < -0.39 is 0 Å². The van der Waals surface area contributed by atoms with Crippen molar-refractivity contribution in [2.45, 2.75) is 0 Å². The van der Waals surface area contributed by atoms with Gasteiger partial charge in [0.1, 0.15) is 0 Å². The maximum Gasteiger partial charge on any atom is 0.0384 e. The first-order chi connectivity index (χ1) is 6.84. The summed E-state index contributed by atoms with van der Waals surface area (Å²) in [6.07, 6.45) is 0. The monoisotopic (exact) mass is 295 g/mol. The van der Waals surface area contributed by atoms with E-state index in [4.69, 9.17) is 0 Å². The summed E-state index contributed by atoms with van der Waals surface area (Å²) in [7, 11) is 0. The zero-order chi connectivity index (χ0) is 9.80. The molecule has 0 aliphatic carbocycles. The van der Waals surface area contributed by atoms with Gasteiger partial charge in [-0.2, -0.15) is 0 Å². The van der Waals surface area contributed by atoms with E-state index in [2.05, 4.69) is 64.3 Å². The van der Waals surface area contributed by atoms with Gasteiger partial charge in [0, 0.05) is 14.9 Å². The molecular weight excluding hydrogens is 285 g/mol. The smallest absolute Gasteiger partial charge is 0.0384 e. The van der Waals surface area contributed by atoms with Crippen LogP contribution in [0, 0.1) is 3.57 Å². The fourth-order valence-electron chi connectivity index (χ4n) is 1.22. The summed E-state index contributed by atoms with van der Waals surface area (Å²) in [5, 5.41) is 3.33. The number of para-hydroxylation sites is 1. The summed E-state index contributed by atoms with van der Waals surface area (Å²) >= 11 is 2.30. The Kier molecular flexibility index (Phi) is 3.03. The van der Waals surface area contributed by atoms with Crippen LogP contribution in [0.1, 0.15) is 0 Å². The van der Waals surface area contributed by atoms with Gasteiger partial charge in [-0.25, -0.2) is 0 Å². The van der Waals surface area contributed by atoms with Crippen molar-refractivity contribution < 1.29 is 0 Å². The number of anilines is 2. The van der Waals surface area contributed by atoms with Crippen molar-refractivity contribution in [3.05, 3.63) is 58.2 Å². The van der Waals surface area contributed by atoms with E-state index in [1.165, 1.54) is 3.57 Å². The third-order valence-corrected chi connectivity index (χ3v) is 2.63. The minimum Gasteiger partial charge on any atom is -0.356 e. The minimum atomic E-state index is 1.12. The lowest BCUT2D eigenvalue weighted by molar-refractivity contribution is 1.54. The first kappa shape index (κ1) is 9.52. The van der Waals surface area contributed by atoms with Crippen LogP contribution in [0.2, 0.25) is 0 Å². The van der Waals surface area contributed by atoms with Gasteiger partial charge in [-0.1, -0.05) is 18.2 Å². The molecule has 0 spiro atoms. The highest BCUT2D eigenvalue weighted by Crippen LogP contribution is 2.16. The summed E-state index contributed by atoms with van der Waals surface area (Å²) in [5.41, 5.74) is 2.24. The SMILES string of the molecule is Ic1ccc(Nc2ccccc2)cc1. The molecule has 0 bridgehead atoms. The maximum absolute atomic E-state index is 3.33. The number of nitrogens with one attached hydrogen (secondary N) is 1. The molecule has 0 unspecified atom stereocenters. The largest absolute Gasteiger partial charge is 0.356 e. The van der Waals surface area contributed by atoms with Crippen molar-refractivity contribution in [2.75, 3.05) is 5.32 Å². The first-order valence-electron chi connectivity index (χ1n) is 4.42. The molecule has 0 saturated heterocycles. The second-order valence-electron chi connectivity index (χ2n) is 3.00. The van der Waals surface area contributed by atoms with Crippen molar-refractivity contribution in [3.63, 3.8) is 0 Å². The summed E-state index contributed by atoms with van der Waals surface area (Å²) in [6.45, 7) is 0. The van der Waals surface area contributed by atoms with Crippen LogP contribution in [0.15, 0.2) is 54.6 Å². The molecule has 0 aliphatic rings. The molecule has 2 aromatic carbocycles. The molecule has 1 nitrogen and oxygen atoms in total. The molecule has 0 aliphatic heterocycles. The van der Waals surface area contributed by atoms with E-state index in [-0.39, 0.29) is 0 Å². The highest BCUT2D eigenvalue weighted by Gasteiger charge is 1.92. The molecule has 0 saturated carbocycles. The predicted octanol–water partition coefficient (Wildman–Crippen LogP) is 4.03. The summed E-state index contributed by atoms with van der Waals surface area (Å²) in [6, 6.07) is 18.5. The molecule has 2 heteroatoms. The lowest BCUT2D eigenvalue weighted by Gasteiger charge is -2.05. The second-order valence-corrected chi connectivity index (χ2v) is 4.24. The molecule has 0 amide bonds. The second kappa shape index (κ2) is 4.46. The van der Waals surface area contributed by atoms with Gasteiger partial charge in [0.2, 0.25) is 0 Å². The van der Waals surface area contributed by atoms with E-state index in [0.29, 0.717) is 0 Å². The van der Waals surface area contributed by atoms with Crippen molar-refractivity contribution in [3.8, 4) is 0 Å². The first-order valence-corrected chi connectivity index (χ1v) is 5.50. The maximum atomic E-state index is 3.33. The molecule has 1 N–H and O–H groups in total. The Labute approximate surface area is 97.3 Å². The number of hydrogen-bond donors (Lipinski definition) is 1. The number of benzene rings is 2. The molecule has 0 radical (unpaired) electrons. The molecule has 0 heterocycles. The Balaban J connectivity index is 2.16. The van der Waals surface area contributed by atoms with Crippen molar-refractivity contribution in [1.82, 2.24) is 0 Å². The number of rotatable bonds is 2. The fourth-order valence-corrected chi connectivity index (χ4v) is 1.58. The Morgan fingerprint density at radius 3 is 1.93 bits per heavy atom. The third kappa shape index (κ3) is 2.48. The Morgan fingerprint density at radius 1 is 0.714 bits per heavy atom. The standard InChI is InChI=1S/C12H10IN/c13-10-6-8-12(9-7-10)14-11-4-2-1-3-5-11/h1-9,14H. The van der Waals surface area contributed by atoms with Gasteiger partial charge >= 0.3 is 0 Å². The summed E-state index contributed by atoms with van der Waals surface area (Å²) in [5.74, 6) is 0. The molecule has 70 valence electrons. The van der Waals surface area contributed by atoms with E-state index in [1.54, 1.807) is 0 Å². The van der Waals surface area contributed by atoms with Gasteiger partial charge in [0.05, 0.1) is 0 Å². The van der Waals surface area contributed by atoms with Gasteiger partial charge in [0.15, 0.2) is 0 Å². The Hall–Kier alpha value is -1.03. The van der Waals surface area contributed by atoms with Crippen LogP contribution >= 0.6 is 22.6 Å². The molecule has 0 fully saturated rings. The van der Waals surface area contributed by atoms with Crippen LogP contribution < -0.4 is 5.32 Å². The van der Waals surface area contributed by atoms with Crippen molar-refractivity contribution in [2.24, 2.45) is 0 Å². The highest BCUT2D eigenvalue weighted by atomic mass is 127. The topological polar surface area (TPSA) is 12.0 Å². The van der Waals surface area contributed by atoms with Crippen LogP contribution in [0.25, 0.3) is 0 Å². The van der Waals surface area contributed by atoms with Gasteiger partial charge < -0.3 is 5.32 Å². The molecule has 2 rings (SSSR count). The van der Waals surface area contributed by atoms with Gasteiger partial charge in [0.25, 0.3) is 0 Å². The van der Waals surface area contributed by atoms with Crippen LogP contribution in [0.4, 0.5) is 11.4 Å². The highest BCUT2D eigenvalue weighted by molar-refractivity contribution is 14.1. The Morgan fingerprint density at radius 2 is 1.29 bits per heavy atom. The van der Waals surface area contributed by atoms with Gasteiger partial charge in [-0.3, -0.25) is 0 Å². The quantitative estimate of drug-likeness (QED) is 0.825. The molecule has 0 atom stereocenters. The van der Waals surface area contributed by atoms with Gasteiger partial charge in [-0.15, -0.1) is 0 Å². The van der Waals surface area contributed by atoms with Crippen LogP contribution in [-0.2, 0) is 0 Å². The molecule has 2 aromatic rings. The number of hydrogen-bond acceptors (Lipinski definition) is 1. The summed E-state index contributed by atoms with van der Waals surface area (Å²) < 4.78 is 1.25. The lowest BCUT2D eigenvalue weighted by Crippen LogP contribution is -1.88. The average molecular weight is 295 g/mol. The number of halogens is 1. The van der Waals surface area contributed by atoms with E-state index in [0.717, 1.165) is 11.4 Å². The summed E-state index contributed by atoms with van der Waals surface area (Å²) in [4.78, 5) is 0. The third-order valence-electron chi connectivity index (χ3n) is 1.91. The van der Waals surface area contributed by atoms with Gasteiger partial charge in [-0.05, 0) is 59.0 Å². The Bertz CT molecular complexity index is 394. The van der Waals surface area contributed by atoms with Crippen LogP contribution in [0.3, 0.4) is 0 Å². The lowest BCUT2D eigenvalue weighted by atomic mass is 10.3. The van der Waals surface area contributed by atoms with E-state index >= 15 is 0 Å². The zero-order valence-electron chi connectivity index (χ0n) is 7.57. The fraction of sp³-hybridized carbons (Fsp3) is 0. The molecule has 14 heavy (non-hydrogen) atoms. The normalized spacial score (nSPS) is 9.79. The zero-order valence-corrected chi connectivity index (χ0v) is 9.73. The van der Waals surface area contributed by atoms with Crippen molar-refractivity contribution in [1.29, 1.82) is 0 Å². The van der Waals surface area contributed by atoms with Crippen molar-refractivity contribution >= 4 is 34.0 Å². The minimum absolute atomic E-state index is 1.12. The van der Waals surface area contributed by atoms with Crippen LogP contribution in [0.5, 0.6) is 0 Å². The molecule has 0 aromatic heterocycles. The molecular formula is C12H10IN. The predicted molar refractivity (Wildman–Crippen MR) is 68.9 cm³/mol. The van der Waals surface area contributed by atoms with E-state index in [9.17, 15) is 0 Å². The van der Waals surface area contributed by atoms with E-state index in [1.807, 2.05) is 18.2 Å². The average Bonchev–Trinajstić information content (AvgIpc) is 2.23.